The van der Waals surface area contributed by atoms with Crippen LogP contribution >= 0.6 is 0 Å². The fourth-order valence-corrected chi connectivity index (χ4v) is 1.32. The van der Waals surface area contributed by atoms with Crippen LogP contribution in [0.15, 0.2) is 42.4 Å². The second-order valence-corrected chi connectivity index (χ2v) is 3.43. The maximum Gasteiger partial charge on any atom is 1.00 e. The minimum absolute atomic E-state index is 0. The molecule has 0 bridgehead atoms. The molecular formula is C11H13BF3K. The van der Waals surface area contributed by atoms with Crippen molar-refractivity contribution in [3.63, 3.8) is 0 Å². The van der Waals surface area contributed by atoms with Crippen LogP contribution in [0.2, 0.25) is 0 Å². The Labute approximate surface area is 137 Å². The Kier molecular flexibility index (Phi) is 8.77. The SMILES string of the molecule is F[B-](F)(F)/C=C/CCCc1ccccc1.[K+]. The zero-order valence-corrected chi connectivity index (χ0v) is 12.5. The van der Waals surface area contributed by atoms with Gasteiger partial charge in [0.05, 0.1) is 0 Å². The van der Waals surface area contributed by atoms with Crippen molar-refractivity contribution in [3.8, 4) is 0 Å². The van der Waals surface area contributed by atoms with Crippen LogP contribution in [0.4, 0.5) is 12.9 Å². The number of rotatable bonds is 5. The molecule has 0 saturated carbocycles. The molecular weight excluding hydrogens is 239 g/mol. The standard InChI is InChI=1S/C11H13BF3.K/c13-12(14,15)10-6-2-5-9-11-7-3-1-4-8-11;/h1,3-4,6-8,10H,2,5,9H2;/q-1;+1/b10-6+;. The molecule has 0 aromatic heterocycles. The number of benzene rings is 1. The van der Waals surface area contributed by atoms with Crippen LogP contribution < -0.4 is 51.4 Å². The first-order valence-corrected chi connectivity index (χ1v) is 4.99. The molecule has 0 aliphatic carbocycles. The molecule has 0 aliphatic rings. The first kappa shape index (κ1) is 16.5. The Morgan fingerprint density at radius 3 is 2.25 bits per heavy atom. The van der Waals surface area contributed by atoms with Gasteiger partial charge in [-0.15, -0.1) is 12.1 Å². The predicted octanol–water partition coefficient (Wildman–Crippen LogP) is 0.956. The molecule has 16 heavy (non-hydrogen) atoms. The smallest absolute Gasteiger partial charge is 0.445 e. The molecule has 0 nitrogen and oxygen atoms in total. The summed E-state index contributed by atoms with van der Waals surface area (Å²) >= 11 is 0. The van der Waals surface area contributed by atoms with Crippen LogP contribution in [-0.2, 0) is 6.42 Å². The molecule has 5 heteroatoms. The van der Waals surface area contributed by atoms with Crippen LogP contribution in [0.25, 0.3) is 0 Å². The Morgan fingerprint density at radius 1 is 1.06 bits per heavy atom. The monoisotopic (exact) mass is 252 g/mol. The van der Waals surface area contributed by atoms with Gasteiger partial charge in [0.15, 0.2) is 0 Å². The van der Waals surface area contributed by atoms with E-state index in [0.717, 1.165) is 12.8 Å². The Morgan fingerprint density at radius 2 is 1.69 bits per heavy atom. The Hall–Kier alpha value is 0.451. The van der Waals surface area contributed by atoms with Gasteiger partial charge >= 0.3 is 58.4 Å². The van der Waals surface area contributed by atoms with Gasteiger partial charge in [-0.2, -0.15) is 0 Å². The Balaban J connectivity index is 0.00000225. The van der Waals surface area contributed by atoms with E-state index in [-0.39, 0.29) is 51.4 Å². The van der Waals surface area contributed by atoms with Gasteiger partial charge in [0, 0.05) is 0 Å². The quantitative estimate of drug-likeness (QED) is 0.541. The summed E-state index contributed by atoms with van der Waals surface area (Å²) in [6.45, 7) is -4.76. The average Bonchev–Trinajstić information content (AvgIpc) is 2.17. The number of unbranched alkanes of at least 4 members (excludes halogenated alkanes) is 1. The maximum atomic E-state index is 11.8. The normalized spacial score (nSPS) is 11.4. The summed E-state index contributed by atoms with van der Waals surface area (Å²) in [6.07, 6.45) is 3.28. The molecule has 0 spiro atoms. The molecule has 0 amide bonds. The average molecular weight is 252 g/mol. The van der Waals surface area contributed by atoms with Crippen LogP contribution in [0, 0.1) is 0 Å². The van der Waals surface area contributed by atoms with Gasteiger partial charge in [-0.25, -0.2) is 0 Å². The van der Waals surface area contributed by atoms with Gasteiger partial charge in [-0.05, 0) is 24.8 Å². The van der Waals surface area contributed by atoms with E-state index in [1.165, 1.54) is 11.6 Å². The third-order valence-electron chi connectivity index (χ3n) is 2.03. The molecule has 0 radical (unpaired) electrons. The van der Waals surface area contributed by atoms with Gasteiger partial charge in [-0.1, -0.05) is 30.3 Å². The molecule has 0 fully saturated rings. The predicted molar refractivity (Wildman–Crippen MR) is 57.6 cm³/mol. The number of halogens is 3. The van der Waals surface area contributed by atoms with Gasteiger partial charge in [0.1, 0.15) is 0 Å². The first-order valence-electron chi connectivity index (χ1n) is 4.99. The van der Waals surface area contributed by atoms with E-state index in [0.29, 0.717) is 12.4 Å². The van der Waals surface area contributed by atoms with Crippen molar-refractivity contribution in [2.24, 2.45) is 0 Å². The van der Waals surface area contributed by atoms with Gasteiger partial charge in [0.2, 0.25) is 0 Å². The molecule has 0 aliphatic heterocycles. The minimum atomic E-state index is -4.76. The topological polar surface area (TPSA) is 0 Å². The number of hydrogen-bond donors (Lipinski definition) is 0. The summed E-state index contributed by atoms with van der Waals surface area (Å²) in [5.74, 6) is 0.366. The fraction of sp³-hybridized carbons (Fsp3) is 0.273. The molecule has 1 aromatic carbocycles. The van der Waals surface area contributed by atoms with E-state index in [1.54, 1.807) is 0 Å². The minimum Gasteiger partial charge on any atom is -0.445 e. The molecule has 0 unspecified atom stereocenters. The summed E-state index contributed by atoms with van der Waals surface area (Å²) in [5.41, 5.74) is 1.17. The number of aryl methyl sites for hydroxylation is 1. The Bertz CT molecular complexity index is 309. The molecule has 0 heterocycles. The van der Waals surface area contributed by atoms with E-state index >= 15 is 0 Å². The van der Waals surface area contributed by atoms with Gasteiger partial charge in [-0.3, -0.25) is 0 Å². The van der Waals surface area contributed by atoms with Gasteiger partial charge in [0.25, 0.3) is 0 Å². The van der Waals surface area contributed by atoms with E-state index in [2.05, 4.69) is 0 Å². The largest absolute Gasteiger partial charge is 1.00 e. The third-order valence-corrected chi connectivity index (χ3v) is 2.03. The number of allylic oxidation sites excluding steroid dienone is 1. The van der Waals surface area contributed by atoms with Crippen molar-refractivity contribution in [2.45, 2.75) is 19.3 Å². The van der Waals surface area contributed by atoms with Crippen molar-refractivity contribution >= 4 is 6.98 Å². The van der Waals surface area contributed by atoms with Crippen LogP contribution in [-0.4, -0.2) is 6.98 Å². The van der Waals surface area contributed by atoms with Crippen molar-refractivity contribution in [1.82, 2.24) is 0 Å². The van der Waals surface area contributed by atoms with Gasteiger partial charge < -0.3 is 12.9 Å². The zero-order chi connectivity index (χ0) is 11.1. The summed E-state index contributed by atoms with van der Waals surface area (Å²) in [7, 11) is 0. The molecule has 0 saturated heterocycles. The van der Waals surface area contributed by atoms with E-state index < -0.39 is 6.98 Å². The van der Waals surface area contributed by atoms with Crippen molar-refractivity contribution in [2.75, 3.05) is 0 Å². The molecule has 0 N–H and O–H groups in total. The summed E-state index contributed by atoms with van der Waals surface area (Å²) in [6, 6.07) is 9.76. The van der Waals surface area contributed by atoms with Crippen LogP contribution in [0.1, 0.15) is 18.4 Å². The summed E-state index contributed by atoms with van der Waals surface area (Å²) in [4.78, 5) is 0. The molecule has 1 rings (SSSR count). The first-order chi connectivity index (χ1) is 7.08. The summed E-state index contributed by atoms with van der Waals surface area (Å²) < 4.78 is 35.3. The maximum absolute atomic E-state index is 11.8. The van der Waals surface area contributed by atoms with Crippen molar-refractivity contribution in [3.05, 3.63) is 47.9 Å². The van der Waals surface area contributed by atoms with Crippen LogP contribution in [0.5, 0.6) is 0 Å². The third kappa shape index (κ3) is 8.59. The summed E-state index contributed by atoms with van der Waals surface area (Å²) in [5, 5.41) is 0. The van der Waals surface area contributed by atoms with Crippen molar-refractivity contribution < 1.29 is 64.3 Å². The second kappa shape index (κ2) is 8.53. The van der Waals surface area contributed by atoms with E-state index in [9.17, 15) is 12.9 Å². The second-order valence-electron chi connectivity index (χ2n) is 3.43. The van der Waals surface area contributed by atoms with E-state index in [1.807, 2.05) is 30.3 Å². The molecule has 0 atom stereocenters. The van der Waals surface area contributed by atoms with E-state index in [4.69, 9.17) is 0 Å². The molecule has 82 valence electrons. The van der Waals surface area contributed by atoms with Crippen molar-refractivity contribution in [1.29, 1.82) is 0 Å². The van der Waals surface area contributed by atoms with Crippen LogP contribution in [0.3, 0.4) is 0 Å². The zero-order valence-electron chi connectivity index (χ0n) is 9.37. The fourth-order valence-electron chi connectivity index (χ4n) is 1.32. The molecule has 1 aromatic rings. The number of hydrogen-bond acceptors (Lipinski definition) is 0.